The van der Waals surface area contributed by atoms with E-state index in [2.05, 4.69) is 5.32 Å². The molecule has 4 nitrogen and oxygen atoms in total. The van der Waals surface area contributed by atoms with E-state index in [1.54, 1.807) is 39.0 Å². The minimum Gasteiger partial charge on any atom is -0.444 e. The number of ether oxygens (including phenoxy) is 1. The molecule has 0 spiro atoms. The maximum Gasteiger partial charge on any atom is 0.408 e. The number of hydrogen-bond acceptors (Lipinski definition) is 3. The standard InChI is InChI=1S/C15H18FNO3/c1-15(2,3)20-14(19)17-13(10-18)9-6-11-4-7-12(16)8-5-11/h4-10,13H,1-3H3,(H,17,19)/b9-6+. The zero-order chi connectivity index (χ0) is 15.2. The highest BCUT2D eigenvalue weighted by molar-refractivity contribution is 5.76. The Hall–Kier alpha value is -2.17. The van der Waals surface area contributed by atoms with Crippen molar-refractivity contribution >= 4 is 18.5 Å². The van der Waals surface area contributed by atoms with Crippen molar-refractivity contribution in [1.82, 2.24) is 5.32 Å². The van der Waals surface area contributed by atoms with Gasteiger partial charge in [-0.15, -0.1) is 0 Å². The Morgan fingerprint density at radius 2 is 1.90 bits per heavy atom. The van der Waals surface area contributed by atoms with Crippen LogP contribution >= 0.6 is 0 Å². The topological polar surface area (TPSA) is 55.4 Å². The molecule has 1 atom stereocenters. The summed E-state index contributed by atoms with van der Waals surface area (Å²) >= 11 is 0. The predicted molar refractivity (Wildman–Crippen MR) is 74.7 cm³/mol. The Kier molecular flexibility index (Phi) is 5.43. The minimum absolute atomic E-state index is 0.332. The zero-order valence-corrected chi connectivity index (χ0v) is 11.7. The maximum atomic E-state index is 12.7. The molecule has 0 aliphatic heterocycles. The van der Waals surface area contributed by atoms with E-state index in [0.717, 1.165) is 5.56 Å². The summed E-state index contributed by atoms with van der Waals surface area (Å²) in [6, 6.07) is 4.98. The summed E-state index contributed by atoms with van der Waals surface area (Å²) in [6.45, 7) is 5.20. The minimum atomic E-state index is -0.796. The molecule has 1 rings (SSSR count). The molecule has 1 aromatic rings. The summed E-state index contributed by atoms with van der Waals surface area (Å²) in [4.78, 5) is 22.4. The van der Waals surface area contributed by atoms with Crippen LogP contribution in [0.25, 0.3) is 6.08 Å². The van der Waals surface area contributed by atoms with Crippen LogP contribution in [0, 0.1) is 5.82 Å². The molecular weight excluding hydrogens is 261 g/mol. The first-order valence-corrected chi connectivity index (χ1v) is 6.19. The SMILES string of the molecule is CC(C)(C)OC(=O)NC(C=O)/C=C/c1ccc(F)cc1. The Bertz CT molecular complexity index is 489. The molecule has 0 heterocycles. The molecule has 5 heteroatoms. The molecule has 0 bridgehead atoms. The van der Waals surface area contributed by atoms with Crippen molar-refractivity contribution < 1.29 is 18.7 Å². The first-order valence-electron chi connectivity index (χ1n) is 6.19. The van der Waals surface area contributed by atoms with Gasteiger partial charge in [-0.2, -0.15) is 0 Å². The van der Waals surface area contributed by atoms with E-state index in [0.29, 0.717) is 6.29 Å². The van der Waals surface area contributed by atoms with Gasteiger partial charge in [0.2, 0.25) is 0 Å². The van der Waals surface area contributed by atoms with Gasteiger partial charge in [-0.1, -0.05) is 24.3 Å². The molecule has 1 amide bonds. The Balaban J connectivity index is 2.61. The molecule has 108 valence electrons. The Morgan fingerprint density at radius 3 is 2.40 bits per heavy atom. The fourth-order valence-corrected chi connectivity index (χ4v) is 1.36. The van der Waals surface area contributed by atoms with Crippen molar-refractivity contribution in [1.29, 1.82) is 0 Å². The number of benzene rings is 1. The molecule has 1 N–H and O–H groups in total. The molecule has 1 aromatic carbocycles. The van der Waals surface area contributed by atoms with E-state index in [1.807, 2.05) is 0 Å². The third kappa shape index (κ3) is 6.13. The van der Waals surface area contributed by atoms with Gasteiger partial charge in [-0.3, -0.25) is 0 Å². The average molecular weight is 279 g/mol. The number of rotatable bonds is 4. The highest BCUT2D eigenvalue weighted by atomic mass is 19.1. The van der Waals surface area contributed by atoms with Crippen LogP contribution in [0.4, 0.5) is 9.18 Å². The van der Waals surface area contributed by atoms with E-state index < -0.39 is 17.7 Å². The van der Waals surface area contributed by atoms with Crippen molar-refractivity contribution in [3.05, 3.63) is 41.7 Å². The van der Waals surface area contributed by atoms with E-state index in [-0.39, 0.29) is 5.82 Å². The van der Waals surface area contributed by atoms with Crippen LogP contribution in [0.2, 0.25) is 0 Å². The smallest absolute Gasteiger partial charge is 0.408 e. The van der Waals surface area contributed by atoms with Crippen LogP contribution in [0.15, 0.2) is 30.3 Å². The van der Waals surface area contributed by atoms with Crippen molar-refractivity contribution in [3.8, 4) is 0 Å². The highest BCUT2D eigenvalue weighted by Gasteiger charge is 2.17. The number of carbonyl (C=O) groups is 2. The number of alkyl carbamates (subject to hydrolysis) is 1. The van der Waals surface area contributed by atoms with Crippen LogP contribution in [-0.4, -0.2) is 24.0 Å². The summed E-state index contributed by atoms with van der Waals surface area (Å²) < 4.78 is 17.8. The van der Waals surface area contributed by atoms with Gasteiger partial charge in [0, 0.05) is 0 Å². The fraction of sp³-hybridized carbons (Fsp3) is 0.333. The Morgan fingerprint density at radius 1 is 1.30 bits per heavy atom. The van der Waals surface area contributed by atoms with Gasteiger partial charge in [-0.05, 0) is 38.5 Å². The van der Waals surface area contributed by atoms with Crippen LogP contribution < -0.4 is 5.32 Å². The molecule has 0 aliphatic rings. The number of hydrogen-bond donors (Lipinski definition) is 1. The lowest BCUT2D eigenvalue weighted by Gasteiger charge is -2.20. The maximum absolute atomic E-state index is 12.7. The van der Waals surface area contributed by atoms with Crippen molar-refractivity contribution in [3.63, 3.8) is 0 Å². The van der Waals surface area contributed by atoms with Crippen molar-refractivity contribution in [2.24, 2.45) is 0 Å². The lowest BCUT2D eigenvalue weighted by molar-refractivity contribution is -0.108. The van der Waals surface area contributed by atoms with Crippen LogP contribution in [0.5, 0.6) is 0 Å². The predicted octanol–water partition coefficient (Wildman–Crippen LogP) is 2.93. The molecule has 0 saturated heterocycles. The largest absolute Gasteiger partial charge is 0.444 e. The Labute approximate surface area is 117 Å². The second kappa shape index (κ2) is 6.84. The summed E-state index contributed by atoms with van der Waals surface area (Å²) in [5, 5.41) is 2.41. The normalized spacial score (nSPS) is 13.0. The second-order valence-electron chi connectivity index (χ2n) is 5.22. The second-order valence-corrected chi connectivity index (χ2v) is 5.22. The van der Waals surface area contributed by atoms with E-state index >= 15 is 0 Å². The first kappa shape index (κ1) is 15.9. The summed E-state index contributed by atoms with van der Waals surface area (Å²) in [7, 11) is 0. The quantitative estimate of drug-likeness (QED) is 0.862. The van der Waals surface area contributed by atoms with E-state index in [9.17, 15) is 14.0 Å². The van der Waals surface area contributed by atoms with Gasteiger partial charge in [-0.25, -0.2) is 9.18 Å². The van der Waals surface area contributed by atoms with E-state index in [4.69, 9.17) is 4.74 Å². The molecule has 1 unspecified atom stereocenters. The summed E-state index contributed by atoms with van der Waals surface area (Å²) in [6.07, 6.45) is 3.04. The third-order valence-corrected chi connectivity index (χ3v) is 2.20. The van der Waals surface area contributed by atoms with Crippen LogP contribution in [-0.2, 0) is 9.53 Å². The fourth-order valence-electron chi connectivity index (χ4n) is 1.36. The van der Waals surface area contributed by atoms with Crippen molar-refractivity contribution in [2.45, 2.75) is 32.4 Å². The van der Waals surface area contributed by atoms with Gasteiger partial charge in [0.1, 0.15) is 23.7 Å². The molecule has 0 aliphatic carbocycles. The third-order valence-electron chi connectivity index (χ3n) is 2.20. The van der Waals surface area contributed by atoms with Gasteiger partial charge in [0.15, 0.2) is 0 Å². The average Bonchev–Trinajstić information content (AvgIpc) is 2.34. The monoisotopic (exact) mass is 279 g/mol. The van der Waals surface area contributed by atoms with Crippen molar-refractivity contribution in [2.75, 3.05) is 0 Å². The van der Waals surface area contributed by atoms with Gasteiger partial charge in [0.25, 0.3) is 0 Å². The lowest BCUT2D eigenvalue weighted by atomic mass is 10.2. The summed E-state index contributed by atoms with van der Waals surface area (Å²) in [5.74, 6) is -0.332. The van der Waals surface area contributed by atoms with E-state index in [1.165, 1.54) is 18.2 Å². The van der Waals surface area contributed by atoms with Crippen LogP contribution in [0.1, 0.15) is 26.3 Å². The van der Waals surface area contributed by atoms with Crippen LogP contribution in [0.3, 0.4) is 0 Å². The van der Waals surface area contributed by atoms with Gasteiger partial charge < -0.3 is 14.8 Å². The first-order chi connectivity index (χ1) is 9.30. The zero-order valence-electron chi connectivity index (χ0n) is 11.7. The lowest BCUT2D eigenvalue weighted by Crippen LogP contribution is -2.38. The number of nitrogens with one attached hydrogen (secondary N) is 1. The van der Waals surface area contributed by atoms with Gasteiger partial charge in [0.05, 0.1) is 0 Å². The summed E-state index contributed by atoms with van der Waals surface area (Å²) in [5.41, 5.74) is 0.0994. The molecule has 20 heavy (non-hydrogen) atoms. The molecule has 0 radical (unpaired) electrons. The van der Waals surface area contributed by atoms with Gasteiger partial charge >= 0.3 is 6.09 Å². The number of amides is 1. The highest BCUT2D eigenvalue weighted by Crippen LogP contribution is 2.08. The number of carbonyl (C=O) groups excluding carboxylic acids is 2. The molecule has 0 aromatic heterocycles. The molecular formula is C15H18FNO3. The molecule has 0 saturated carbocycles. The number of aldehydes is 1. The molecule has 0 fully saturated rings. The number of halogens is 1.